The average Bonchev–Trinajstić information content (AvgIpc) is 2.71. The zero-order valence-corrected chi connectivity index (χ0v) is 18.3. The summed E-state index contributed by atoms with van der Waals surface area (Å²) in [5.74, 6) is -0.128. The summed E-state index contributed by atoms with van der Waals surface area (Å²) in [6.07, 6.45) is 1.83. The predicted octanol–water partition coefficient (Wildman–Crippen LogP) is 4.25. The first-order valence-corrected chi connectivity index (χ1v) is 10.6. The number of rotatable bonds is 4. The molecule has 0 aromatic heterocycles. The largest absolute Gasteiger partial charge is 0.507 e. The van der Waals surface area contributed by atoms with Crippen LogP contribution in [0.25, 0.3) is 0 Å². The molecule has 0 saturated carbocycles. The van der Waals surface area contributed by atoms with Crippen molar-refractivity contribution >= 4 is 11.8 Å². The van der Waals surface area contributed by atoms with E-state index in [1.54, 1.807) is 18.2 Å². The fraction of sp³-hybridized carbons (Fsp3) is 0.440. The minimum absolute atomic E-state index is 0.0615. The Labute approximate surface area is 179 Å². The molecule has 0 bridgehead atoms. The number of phenols is 1. The minimum Gasteiger partial charge on any atom is -0.507 e. The number of para-hydroxylation sites is 1. The number of benzene rings is 2. The number of likely N-dealkylation sites (tertiary alicyclic amines) is 1. The summed E-state index contributed by atoms with van der Waals surface area (Å²) < 4.78 is 0. The number of hydrogen-bond acceptors (Lipinski definition) is 3. The quantitative estimate of drug-likeness (QED) is 0.795. The lowest BCUT2D eigenvalue weighted by Gasteiger charge is -2.38. The van der Waals surface area contributed by atoms with Gasteiger partial charge in [-0.1, -0.05) is 62.7 Å². The molecule has 2 N–H and O–H groups in total. The summed E-state index contributed by atoms with van der Waals surface area (Å²) in [5.41, 5.74) is 2.30. The molecule has 2 amide bonds. The standard InChI is InChI=1S/C25H32N2O3/c1-17-9-11-18(12-10-17)19-13-15-27(16-14-19)24(30)22(25(2,3)4)26-23(29)20-7-5-6-8-21(20)28/h5-12,19,22,28H,13-16H2,1-4H3,(H,26,29). The number of carbonyl (C=O) groups excluding carboxylic acids is 2. The summed E-state index contributed by atoms with van der Waals surface area (Å²) in [7, 11) is 0. The van der Waals surface area contributed by atoms with Crippen LogP contribution in [0.2, 0.25) is 0 Å². The molecule has 30 heavy (non-hydrogen) atoms. The Morgan fingerprint density at radius 3 is 2.20 bits per heavy atom. The van der Waals surface area contributed by atoms with E-state index in [9.17, 15) is 14.7 Å². The number of aromatic hydroxyl groups is 1. The smallest absolute Gasteiger partial charge is 0.255 e. The molecule has 3 rings (SSSR count). The molecule has 1 fully saturated rings. The summed E-state index contributed by atoms with van der Waals surface area (Å²) in [6.45, 7) is 9.27. The Morgan fingerprint density at radius 2 is 1.63 bits per heavy atom. The van der Waals surface area contributed by atoms with E-state index in [0.29, 0.717) is 19.0 Å². The number of aryl methyl sites for hydroxylation is 1. The van der Waals surface area contributed by atoms with E-state index >= 15 is 0 Å². The van der Waals surface area contributed by atoms with Crippen molar-refractivity contribution in [3.8, 4) is 5.75 Å². The molecule has 0 radical (unpaired) electrons. The van der Waals surface area contributed by atoms with Gasteiger partial charge in [0.25, 0.3) is 5.91 Å². The van der Waals surface area contributed by atoms with Gasteiger partial charge in [0.05, 0.1) is 5.56 Å². The Balaban J connectivity index is 1.68. The van der Waals surface area contributed by atoms with Crippen LogP contribution in [0, 0.1) is 12.3 Å². The van der Waals surface area contributed by atoms with Gasteiger partial charge in [0.1, 0.15) is 11.8 Å². The van der Waals surface area contributed by atoms with Crippen molar-refractivity contribution in [1.82, 2.24) is 10.2 Å². The summed E-state index contributed by atoms with van der Waals surface area (Å²) in [6, 6.07) is 14.4. The van der Waals surface area contributed by atoms with Gasteiger partial charge in [0, 0.05) is 13.1 Å². The minimum atomic E-state index is -0.666. The first kappa shape index (κ1) is 21.9. The van der Waals surface area contributed by atoms with Crippen molar-refractivity contribution < 1.29 is 14.7 Å². The van der Waals surface area contributed by atoms with Gasteiger partial charge in [-0.2, -0.15) is 0 Å². The molecule has 2 aromatic carbocycles. The van der Waals surface area contributed by atoms with Crippen LogP contribution in [0.5, 0.6) is 5.75 Å². The number of nitrogens with zero attached hydrogens (tertiary/aromatic N) is 1. The molecule has 160 valence electrons. The van der Waals surface area contributed by atoms with Gasteiger partial charge in [-0.3, -0.25) is 9.59 Å². The third-order valence-electron chi connectivity index (χ3n) is 5.89. The third kappa shape index (κ3) is 5.02. The topological polar surface area (TPSA) is 69.6 Å². The van der Waals surface area contributed by atoms with E-state index in [2.05, 4.69) is 36.5 Å². The fourth-order valence-electron chi connectivity index (χ4n) is 3.98. The Kier molecular flexibility index (Phi) is 6.49. The second-order valence-electron chi connectivity index (χ2n) is 9.30. The molecule has 5 nitrogen and oxygen atoms in total. The van der Waals surface area contributed by atoms with Gasteiger partial charge in [-0.25, -0.2) is 0 Å². The van der Waals surface area contributed by atoms with Crippen molar-refractivity contribution in [3.63, 3.8) is 0 Å². The van der Waals surface area contributed by atoms with E-state index in [0.717, 1.165) is 12.8 Å². The Bertz CT molecular complexity index is 891. The second kappa shape index (κ2) is 8.90. The van der Waals surface area contributed by atoms with E-state index in [4.69, 9.17) is 0 Å². The first-order valence-electron chi connectivity index (χ1n) is 10.6. The monoisotopic (exact) mass is 408 g/mol. The average molecular weight is 409 g/mol. The van der Waals surface area contributed by atoms with Gasteiger partial charge in [-0.15, -0.1) is 0 Å². The van der Waals surface area contributed by atoms with Gasteiger partial charge >= 0.3 is 0 Å². The lowest BCUT2D eigenvalue weighted by molar-refractivity contribution is -0.137. The highest BCUT2D eigenvalue weighted by Gasteiger charge is 2.37. The molecule has 1 aliphatic rings. The van der Waals surface area contributed by atoms with Crippen molar-refractivity contribution in [2.24, 2.45) is 5.41 Å². The summed E-state index contributed by atoms with van der Waals surface area (Å²) >= 11 is 0. The third-order valence-corrected chi connectivity index (χ3v) is 5.89. The van der Waals surface area contributed by atoms with Crippen LogP contribution in [0.1, 0.15) is 61.0 Å². The van der Waals surface area contributed by atoms with Crippen molar-refractivity contribution in [2.45, 2.75) is 52.5 Å². The van der Waals surface area contributed by atoms with Crippen LogP contribution in [-0.4, -0.2) is 41.0 Å². The Morgan fingerprint density at radius 1 is 1.03 bits per heavy atom. The zero-order chi connectivity index (χ0) is 21.9. The molecule has 0 spiro atoms. The molecule has 0 aliphatic carbocycles. The molecule has 1 saturated heterocycles. The zero-order valence-electron chi connectivity index (χ0n) is 18.3. The molecule has 1 heterocycles. The number of hydrogen-bond donors (Lipinski definition) is 2. The summed E-state index contributed by atoms with van der Waals surface area (Å²) in [4.78, 5) is 27.9. The first-order chi connectivity index (χ1) is 14.2. The van der Waals surface area contributed by atoms with E-state index in [-0.39, 0.29) is 17.2 Å². The fourth-order valence-corrected chi connectivity index (χ4v) is 3.98. The lowest BCUT2D eigenvalue weighted by Crippen LogP contribution is -2.56. The summed E-state index contributed by atoms with van der Waals surface area (Å²) in [5, 5.41) is 12.9. The molecular weight excluding hydrogens is 376 g/mol. The van der Waals surface area contributed by atoms with E-state index < -0.39 is 17.4 Å². The number of piperidine rings is 1. The van der Waals surface area contributed by atoms with Crippen LogP contribution >= 0.6 is 0 Å². The molecule has 5 heteroatoms. The second-order valence-corrected chi connectivity index (χ2v) is 9.30. The number of carbonyl (C=O) groups is 2. The van der Waals surface area contributed by atoms with Gasteiger partial charge in [0.15, 0.2) is 0 Å². The van der Waals surface area contributed by atoms with E-state index in [1.807, 2.05) is 25.7 Å². The van der Waals surface area contributed by atoms with Crippen molar-refractivity contribution in [3.05, 3.63) is 65.2 Å². The SMILES string of the molecule is Cc1ccc(C2CCN(C(=O)C(NC(=O)c3ccccc3O)C(C)(C)C)CC2)cc1. The van der Waals surface area contributed by atoms with Gasteiger partial charge in [-0.05, 0) is 48.8 Å². The maximum Gasteiger partial charge on any atom is 0.255 e. The van der Waals surface area contributed by atoms with Crippen LogP contribution < -0.4 is 5.32 Å². The molecule has 1 atom stereocenters. The van der Waals surface area contributed by atoms with Crippen molar-refractivity contribution in [2.75, 3.05) is 13.1 Å². The van der Waals surface area contributed by atoms with Gasteiger partial charge < -0.3 is 15.3 Å². The molecular formula is C25H32N2O3. The number of phenolic OH excluding ortho intramolecular Hbond substituents is 1. The van der Waals surface area contributed by atoms with Crippen LogP contribution in [0.3, 0.4) is 0 Å². The Hall–Kier alpha value is -2.82. The lowest BCUT2D eigenvalue weighted by atomic mass is 9.84. The maximum atomic E-state index is 13.3. The number of amides is 2. The highest BCUT2D eigenvalue weighted by molar-refractivity contribution is 5.99. The van der Waals surface area contributed by atoms with Crippen LogP contribution in [-0.2, 0) is 4.79 Å². The van der Waals surface area contributed by atoms with Crippen molar-refractivity contribution in [1.29, 1.82) is 0 Å². The van der Waals surface area contributed by atoms with E-state index in [1.165, 1.54) is 17.2 Å². The molecule has 1 aliphatic heterocycles. The van der Waals surface area contributed by atoms with Crippen LogP contribution in [0.4, 0.5) is 0 Å². The highest BCUT2D eigenvalue weighted by atomic mass is 16.3. The number of nitrogens with one attached hydrogen (secondary N) is 1. The molecule has 1 unspecified atom stereocenters. The normalized spacial score (nSPS) is 16.2. The maximum absolute atomic E-state index is 13.3. The highest BCUT2D eigenvalue weighted by Crippen LogP contribution is 2.30. The van der Waals surface area contributed by atoms with Gasteiger partial charge in [0.2, 0.25) is 5.91 Å². The molecule has 2 aromatic rings. The van der Waals surface area contributed by atoms with Crippen LogP contribution in [0.15, 0.2) is 48.5 Å². The predicted molar refractivity (Wildman–Crippen MR) is 119 cm³/mol.